The van der Waals surface area contributed by atoms with Crippen molar-refractivity contribution < 1.29 is 0 Å². The molecular formula is C16H18N4. The van der Waals surface area contributed by atoms with Crippen LogP contribution in [0.1, 0.15) is 17.0 Å². The number of pyridine rings is 1. The third-order valence-corrected chi connectivity index (χ3v) is 3.41. The van der Waals surface area contributed by atoms with Gasteiger partial charge in [0.25, 0.3) is 0 Å². The van der Waals surface area contributed by atoms with Crippen LogP contribution < -0.4 is 5.73 Å². The first-order valence-corrected chi connectivity index (χ1v) is 6.83. The number of nitrogens with two attached hydrogens (primary N) is 1. The van der Waals surface area contributed by atoms with Crippen LogP contribution in [-0.2, 0) is 13.0 Å². The first kappa shape index (κ1) is 12.8. The minimum absolute atomic E-state index is 0.594. The van der Waals surface area contributed by atoms with Crippen molar-refractivity contribution in [2.24, 2.45) is 5.73 Å². The predicted molar refractivity (Wildman–Crippen MR) is 80.6 cm³/mol. The molecule has 0 aliphatic rings. The third kappa shape index (κ3) is 2.42. The number of hydrogen-bond acceptors (Lipinski definition) is 3. The summed E-state index contributed by atoms with van der Waals surface area (Å²) < 4.78 is 2.16. The Balaban J connectivity index is 2.04. The molecule has 2 heterocycles. The SMILES string of the molecule is Cc1ccc(Cn2c(CCN)nc3cccnc32)cc1. The van der Waals surface area contributed by atoms with Crippen molar-refractivity contribution >= 4 is 11.2 Å². The second kappa shape index (κ2) is 5.43. The number of aromatic nitrogens is 3. The molecule has 0 bridgehead atoms. The molecule has 3 rings (SSSR count). The van der Waals surface area contributed by atoms with Crippen LogP contribution in [0.5, 0.6) is 0 Å². The molecule has 3 aromatic rings. The van der Waals surface area contributed by atoms with Crippen LogP contribution in [0.25, 0.3) is 11.2 Å². The van der Waals surface area contributed by atoms with Gasteiger partial charge in [0.15, 0.2) is 5.65 Å². The quantitative estimate of drug-likeness (QED) is 0.788. The molecule has 0 unspecified atom stereocenters. The topological polar surface area (TPSA) is 56.7 Å². The Morgan fingerprint density at radius 1 is 1.15 bits per heavy atom. The number of hydrogen-bond donors (Lipinski definition) is 1. The van der Waals surface area contributed by atoms with E-state index in [1.165, 1.54) is 11.1 Å². The van der Waals surface area contributed by atoms with Gasteiger partial charge < -0.3 is 10.3 Å². The fourth-order valence-corrected chi connectivity index (χ4v) is 2.37. The lowest BCUT2D eigenvalue weighted by Crippen LogP contribution is -2.11. The number of imidazole rings is 1. The lowest BCUT2D eigenvalue weighted by atomic mass is 10.1. The average Bonchev–Trinajstić information content (AvgIpc) is 2.80. The zero-order valence-electron chi connectivity index (χ0n) is 11.6. The van der Waals surface area contributed by atoms with E-state index in [2.05, 4.69) is 45.7 Å². The van der Waals surface area contributed by atoms with Crippen LogP contribution >= 0.6 is 0 Å². The van der Waals surface area contributed by atoms with E-state index in [4.69, 9.17) is 5.73 Å². The second-order valence-corrected chi connectivity index (χ2v) is 4.98. The van der Waals surface area contributed by atoms with Gasteiger partial charge in [0, 0.05) is 12.6 Å². The molecule has 0 saturated carbocycles. The number of benzene rings is 1. The molecule has 2 N–H and O–H groups in total. The molecule has 1 aromatic carbocycles. The lowest BCUT2D eigenvalue weighted by molar-refractivity contribution is 0.729. The summed E-state index contributed by atoms with van der Waals surface area (Å²) in [4.78, 5) is 9.09. The molecule has 4 heteroatoms. The normalized spacial score (nSPS) is 11.1. The van der Waals surface area contributed by atoms with Crippen LogP contribution in [0.15, 0.2) is 42.6 Å². The van der Waals surface area contributed by atoms with Crippen LogP contribution in [0.2, 0.25) is 0 Å². The summed E-state index contributed by atoms with van der Waals surface area (Å²) in [6.07, 6.45) is 2.57. The molecule has 0 amide bonds. The maximum atomic E-state index is 5.69. The molecule has 4 nitrogen and oxygen atoms in total. The first-order valence-electron chi connectivity index (χ1n) is 6.83. The molecule has 0 saturated heterocycles. The molecule has 0 radical (unpaired) electrons. The van der Waals surface area contributed by atoms with Gasteiger partial charge >= 0.3 is 0 Å². The maximum Gasteiger partial charge on any atom is 0.160 e. The lowest BCUT2D eigenvalue weighted by Gasteiger charge is -2.08. The van der Waals surface area contributed by atoms with Crippen molar-refractivity contribution in [3.63, 3.8) is 0 Å². The minimum Gasteiger partial charge on any atom is -0.330 e. The number of nitrogens with zero attached hydrogens (tertiary/aromatic N) is 3. The van der Waals surface area contributed by atoms with Crippen molar-refractivity contribution in [1.29, 1.82) is 0 Å². The summed E-state index contributed by atoms with van der Waals surface area (Å²) in [7, 11) is 0. The predicted octanol–water partition coefficient (Wildman–Crippen LogP) is 2.29. The van der Waals surface area contributed by atoms with E-state index in [0.29, 0.717) is 6.54 Å². The largest absolute Gasteiger partial charge is 0.330 e. The van der Waals surface area contributed by atoms with E-state index in [1.54, 1.807) is 0 Å². The summed E-state index contributed by atoms with van der Waals surface area (Å²) in [5.74, 6) is 1.00. The van der Waals surface area contributed by atoms with Crippen LogP contribution in [0.3, 0.4) is 0 Å². The average molecular weight is 266 g/mol. The van der Waals surface area contributed by atoms with E-state index < -0.39 is 0 Å². The monoisotopic (exact) mass is 266 g/mol. The summed E-state index contributed by atoms with van der Waals surface area (Å²) in [5, 5.41) is 0. The highest BCUT2D eigenvalue weighted by Gasteiger charge is 2.11. The van der Waals surface area contributed by atoms with Crippen molar-refractivity contribution in [3.05, 3.63) is 59.5 Å². The van der Waals surface area contributed by atoms with Crippen molar-refractivity contribution in [2.75, 3.05) is 6.54 Å². The summed E-state index contributed by atoms with van der Waals surface area (Å²) in [6, 6.07) is 12.5. The van der Waals surface area contributed by atoms with Gasteiger partial charge in [0.2, 0.25) is 0 Å². The van der Waals surface area contributed by atoms with Gasteiger partial charge in [-0.25, -0.2) is 9.97 Å². The van der Waals surface area contributed by atoms with Gasteiger partial charge in [-0.05, 0) is 31.2 Å². The molecule has 0 spiro atoms. The summed E-state index contributed by atoms with van der Waals surface area (Å²) in [5.41, 5.74) is 10.1. The van der Waals surface area contributed by atoms with Crippen LogP contribution in [0.4, 0.5) is 0 Å². The molecule has 0 fully saturated rings. The molecule has 0 aliphatic heterocycles. The van der Waals surface area contributed by atoms with E-state index >= 15 is 0 Å². The molecule has 102 valence electrons. The summed E-state index contributed by atoms with van der Waals surface area (Å²) in [6.45, 7) is 3.47. The Morgan fingerprint density at radius 2 is 1.95 bits per heavy atom. The number of aryl methyl sites for hydroxylation is 1. The van der Waals surface area contributed by atoms with Gasteiger partial charge in [-0.2, -0.15) is 0 Å². The third-order valence-electron chi connectivity index (χ3n) is 3.41. The van der Waals surface area contributed by atoms with Crippen molar-refractivity contribution in [2.45, 2.75) is 19.9 Å². The fraction of sp³-hybridized carbons (Fsp3) is 0.250. The highest BCUT2D eigenvalue weighted by Crippen LogP contribution is 2.16. The Bertz CT molecular complexity index is 713. The Hall–Kier alpha value is -2.20. The van der Waals surface area contributed by atoms with Gasteiger partial charge in [0.1, 0.15) is 11.3 Å². The highest BCUT2D eigenvalue weighted by atomic mass is 15.1. The summed E-state index contributed by atoms with van der Waals surface area (Å²) >= 11 is 0. The maximum absolute atomic E-state index is 5.69. The van der Waals surface area contributed by atoms with Gasteiger partial charge in [-0.15, -0.1) is 0 Å². The molecular weight excluding hydrogens is 248 g/mol. The van der Waals surface area contributed by atoms with Crippen LogP contribution in [0, 0.1) is 6.92 Å². The van der Waals surface area contributed by atoms with Gasteiger partial charge in [-0.3, -0.25) is 0 Å². The fourth-order valence-electron chi connectivity index (χ4n) is 2.37. The van der Waals surface area contributed by atoms with Crippen molar-refractivity contribution in [3.8, 4) is 0 Å². The molecule has 0 atom stereocenters. The van der Waals surface area contributed by atoms with E-state index in [0.717, 1.165) is 30.0 Å². The van der Waals surface area contributed by atoms with E-state index in [-0.39, 0.29) is 0 Å². The van der Waals surface area contributed by atoms with Gasteiger partial charge in [0.05, 0.1) is 6.54 Å². The van der Waals surface area contributed by atoms with E-state index in [1.807, 2.05) is 18.3 Å². The Morgan fingerprint density at radius 3 is 2.70 bits per heavy atom. The Labute approximate surface area is 118 Å². The van der Waals surface area contributed by atoms with Crippen molar-refractivity contribution in [1.82, 2.24) is 14.5 Å². The molecule has 0 aliphatic carbocycles. The number of fused-ring (bicyclic) bond motifs is 1. The zero-order chi connectivity index (χ0) is 13.9. The van der Waals surface area contributed by atoms with E-state index in [9.17, 15) is 0 Å². The smallest absolute Gasteiger partial charge is 0.160 e. The van der Waals surface area contributed by atoms with Crippen LogP contribution in [-0.4, -0.2) is 21.1 Å². The zero-order valence-corrected chi connectivity index (χ0v) is 11.6. The standard InChI is InChI=1S/C16H18N4/c1-12-4-6-13(7-5-12)11-20-15(8-9-17)19-14-3-2-10-18-16(14)20/h2-7,10H,8-9,11,17H2,1H3. The first-order chi connectivity index (χ1) is 9.78. The van der Waals surface area contributed by atoms with Gasteiger partial charge in [-0.1, -0.05) is 29.8 Å². The molecule has 2 aromatic heterocycles. The minimum atomic E-state index is 0.594. The second-order valence-electron chi connectivity index (χ2n) is 4.98. The molecule has 20 heavy (non-hydrogen) atoms. The Kier molecular flexibility index (Phi) is 3.48. The highest BCUT2D eigenvalue weighted by molar-refractivity contribution is 5.71. The number of rotatable bonds is 4.